The molecule has 1 aromatic carbocycles. The fourth-order valence-corrected chi connectivity index (χ4v) is 5.01. The van der Waals surface area contributed by atoms with Gasteiger partial charge in [-0.15, -0.1) is 11.3 Å². The standard InChI is InChI=1S/C27H37FN4O4S/c1-16-21(37-15-30-16)18-10-8-17(9-11-18)14-29-23(33)20-19(28)12-13-32(20)24(34)22(26(2,3)4)31-25(35)36-27(5,6)7/h8-11,15,19-20,22H,12-14H2,1-7H3,(H,29,33)(H,31,35)/t19-,20-,22+/m0/s1. The monoisotopic (exact) mass is 532 g/mol. The van der Waals surface area contributed by atoms with Crippen molar-refractivity contribution in [3.8, 4) is 10.4 Å². The number of amides is 3. The minimum Gasteiger partial charge on any atom is -0.444 e. The fraction of sp³-hybridized carbons (Fsp3) is 0.556. The van der Waals surface area contributed by atoms with Gasteiger partial charge >= 0.3 is 6.09 Å². The molecule has 2 aromatic rings. The zero-order valence-electron chi connectivity index (χ0n) is 22.6. The van der Waals surface area contributed by atoms with Crippen LogP contribution < -0.4 is 10.6 Å². The number of ether oxygens (including phenoxy) is 1. The number of hydrogen-bond acceptors (Lipinski definition) is 6. The second-order valence-corrected chi connectivity index (χ2v) is 12.3. The molecule has 1 aliphatic rings. The molecule has 1 fully saturated rings. The van der Waals surface area contributed by atoms with Crippen LogP contribution in [0.5, 0.6) is 0 Å². The molecule has 0 radical (unpaired) electrons. The molecule has 1 aromatic heterocycles. The Bertz CT molecular complexity index is 1120. The van der Waals surface area contributed by atoms with E-state index in [1.165, 1.54) is 4.90 Å². The molecule has 3 atom stereocenters. The second-order valence-electron chi connectivity index (χ2n) is 11.4. The molecule has 1 saturated heterocycles. The van der Waals surface area contributed by atoms with Gasteiger partial charge in [-0.1, -0.05) is 45.0 Å². The normalized spacial score (nSPS) is 18.9. The van der Waals surface area contributed by atoms with Crippen LogP contribution in [0.1, 0.15) is 59.2 Å². The van der Waals surface area contributed by atoms with E-state index >= 15 is 0 Å². The van der Waals surface area contributed by atoms with E-state index in [-0.39, 0.29) is 19.5 Å². The number of aryl methyl sites for hydroxylation is 1. The number of nitrogens with one attached hydrogen (secondary N) is 2. The average molecular weight is 533 g/mol. The van der Waals surface area contributed by atoms with Crippen molar-refractivity contribution >= 4 is 29.2 Å². The highest BCUT2D eigenvalue weighted by Crippen LogP contribution is 2.29. The number of thiazole rings is 1. The zero-order chi connectivity index (χ0) is 27.5. The van der Waals surface area contributed by atoms with E-state index in [1.807, 2.05) is 31.2 Å². The number of halogens is 1. The van der Waals surface area contributed by atoms with Gasteiger partial charge < -0.3 is 20.3 Å². The first-order valence-electron chi connectivity index (χ1n) is 12.4. The molecule has 0 saturated carbocycles. The molecule has 0 spiro atoms. The van der Waals surface area contributed by atoms with Crippen LogP contribution >= 0.6 is 11.3 Å². The van der Waals surface area contributed by atoms with Gasteiger partial charge in [-0.3, -0.25) is 9.59 Å². The predicted molar refractivity (Wildman–Crippen MR) is 142 cm³/mol. The first-order chi connectivity index (χ1) is 17.2. The number of hydrogen-bond donors (Lipinski definition) is 2. The number of aromatic nitrogens is 1. The minimum atomic E-state index is -1.50. The molecule has 0 bridgehead atoms. The minimum absolute atomic E-state index is 0.0516. The van der Waals surface area contributed by atoms with Crippen molar-refractivity contribution in [3.05, 3.63) is 41.0 Å². The molecular formula is C27H37FN4O4S. The average Bonchev–Trinajstić information content (AvgIpc) is 3.39. The van der Waals surface area contributed by atoms with E-state index in [1.54, 1.807) is 58.4 Å². The number of alkyl carbamates (subject to hydrolysis) is 1. The van der Waals surface area contributed by atoms with Crippen LogP contribution in [0.15, 0.2) is 29.8 Å². The van der Waals surface area contributed by atoms with Crippen LogP contribution in [-0.2, 0) is 20.9 Å². The molecule has 2 N–H and O–H groups in total. The third kappa shape index (κ3) is 7.28. The van der Waals surface area contributed by atoms with Crippen molar-refractivity contribution in [2.45, 2.75) is 85.3 Å². The Hall–Kier alpha value is -3.01. The Morgan fingerprint density at radius 1 is 1.16 bits per heavy atom. The third-order valence-corrected chi connectivity index (χ3v) is 7.06. The summed E-state index contributed by atoms with van der Waals surface area (Å²) in [6.07, 6.45) is -2.19. The molecule has 1 aliphatic heterocycles. The Morgan fingerprint density at radius 2 is 1.81 bits per heavy atom. The van der Waals surface area contributed by atoms with Gasteiger partial charge in [-0.05, 0) is 50.7 Å². The summed E-state index contributed by atoms with van der Waals surface area (Å²) >= 11 is 1.56. The van der Waals surface area contributed by atoms with Gasteiger partial charge in [0.1, 0.15) is 23.9 Å². The van der Waals surface area contributed by atoms with Crippen LogP contribution in [0.3, 0.4) is 0 Å². The van der Waals surface area contributed by atoms with Crippen LogP contribution in [0, 0.1) is 12.3 Å². The molecule has 0 unspecified atom stereocenters. The van der Waals surface area contributed by atoms with Gasteiger partial charge in [0.25, 0.3) is 0 Å². The van der Waals surface area contributed by atoms with Crippen molar-refractivity contribution < 1.29 is 23.5 Å². The quantitative estimate of drug-likeness (QED) is 0.566. The van der Waals surface area contributed by atoms with Gasteiger partial charge in [0.2, 0.25) is 11.8 Å². The summed E-state index contributed by atoms with van der Waals surface area (Å²) in [5.41, 5.74) is 3.21. The highest BCUT2D eigenvalue weighted by molar-refractivity contribution is 7.13. The molecule has 3 amide bonds. The molecule has 10 heteroatoms. The first kappa shape index (κ1) is 28.6. The lowest BCUT2D eigenvalue weighted by atomic mass is 9.85. The molecule has 0 aliphatic carbocycles. The fourth-order valence-electron chi connectivity index (χ4n) is 4.19. The van der Waals surface area contributed by atoms with Crippen LogP contribution in [-0.4, -0.2) is 58.2 Å². The number of rotatable bonds is 6. The van der Waals surface area contributed by atoms with E-state index in [4.69, 9.17) is 4.74 Å². The van der Waals surface area contributed by atoms with Crippen LogP contribution in [0.25, 0.3) is 10.4 Å². The summed E-state index contributed by atoms with van der Waals surface area (Å²) in [6, 6.07) is 5.46. The molecule has 202 valence electrons. The summed E-state index contributed by atoms with van der Waals surface area (Å²) in [6.45, 7) is 12.8. The zero-order valence-corrected chi connectivity index (χ0v) is 23.4. The third-order valence-electron chi connectivity index (χ3n) is 6.08. The lowest BCUT2D eigenvalue weighted by molar-refractivity contribution is -0.143. The Labute approximate surface area is 222 Å². The first-order valence-corrected chi connectivity index (χ1v) is 13.3. The summed E-state index contributed by atoms with van der Waals surface area (Å²) in [5.74, 6) is -1.08. The highest BCUT2D eigenvalue weighted by atomic mass is 32.1. The number of likely N-dealkylation sites (tertiary alicyclic amines) is 1. The van der Waals surface area contributed by atoms with E-state index in [9.17, 15) is 18.8 Å². The van der Waals surface area contributed by atoms with E-state index in [2.05, 4.69) is 15.6 Å². The van der Waals surface area contributed by atoms with Gasteiger partial charge in [-0.2, -0.15) is 0 Å². The molecular weight excluding hydrogens is 495 g/mol. The number of alkyl halides is 1. The Balaban J connectivity index is 1.68. The summed E-state index contributed by atoms with van der Waals surface area (Å²) in [4.78, 5) is 45.6. The highest BCUT2D eigenvalue weighted by Gasteiger charge is 2.46. The molecule has 8 nitrogen and oxygen atoms in total. The lowest BCUT2D eigenvalue weighted by Gasteiger charge is -2.35. The van der Waals surface area contributed by atoms with Gasteiger partial charge in [0, 0.05) is 13.1 Å². The lowest BCUT2D eigenvalue weighted by Crippen LogP contribution is -2.59. The van der Waals surface area contributed by atoms with E-state index in [0.29, 0.717) is 0 Å². The maximum absolute atomic E-state index is 14.9. The largest absolute Gasteiger partial charge is 0.444 e. The van der Waals surface area contributed by atoms with Crippen LogP contribution in [0.4, 0.5) is 9.18 Å². The number of benzene rings is 1. The van der Waals surface area contributed by atoms with E-state index in [0.717, 1.165) is 21.7 Å². The molecule has 3 rings (SSSR count). The maximum Gasteiger partial charge on any atom is 0.408 e. The summed E-state index contributed by atoms with van der Waals surface area (Å²) < 4.78 is 20.2. The second kappa shape index (κ2) is 11.2. The number of carbonyl (C=O) groups excluding carboxylic acids is 3. The maximum atomic E-state index is 14.9. The van der Waals surface area contributed by atoms with Gasteiger partial charge in [0.05, 0.1) is 16.1 Å². The SMILES string of the molecule is Cc1ncsc1-c1ccc(CNC(=O)[C@@H]2[C@@H](F)CCN2C(=O)[C@@H](NC(=O)OC(C)(C)C)C(C)(C)C)cc1. The molecule has 37 heavy (non-hydrogen) atoms. The summed E-state index contributed by atoms with van der Waals surface area (Å²) in [7, 11) is 0. The van der Waals surface area contributed by atoms with Gasteiger partial charge in [-0.25, -0.2) is 14.2 Å². The van der Waals surface area contributed by atoms with E-state index < -0.39 is 47.2 Å². The van der Waals surface area contributed by atoms with Crippen molar-refractivity contribution in [2.24, 2.45) is 5.41 Å². The molecule has 2 heterocycles. The van der Waals surface area contributed by atoms with Crippen LogP contribution in [0.2, 0.25) is 0 Å². The Kier molecular flexibility index (Phi) is 8.62. The van der Waals surface area contributed by atoms with Crippen molar-refractivity contribution in [2.75, 3.05) is 6.54 Å². The van der Waals surface area contributed by atoms with Crippen molar-refractivity contribution in [1.29, 1.82) is 0 Å². The number of carbonyl (C=O) groups is 3. The topological polar surface area (TPSA) is 101 Å². The number of nitrogens with zero attached hydrogens (tertiary/aromatic N) is 2. The summed E-state index contributed by atoms with van der Waals surface area (Å²) in [5, 5.41) is 5.41. The smallest absolute Gasteiger partial charge is 0.408 e. The van der Waals surface area contributed by atoms with Crippen molar-refractivity contribution in [1.82, 2.24) is 20.5 Å². The van der Waals surface area contributed by atoms with Crippen molar-refractivity contribution in [3.63, 3.8) is 0 Å². The van der Waals surface area contributed by atoms with Gasteiger partial charge in [0.15, 0.2) is 0 Å². The predicted octanol–water partition coefficient (Wildman–Crippen LogP) is 4.61. The Morgan fingerprint density at radius 3 is 2.35 bits per heavy atom.